The zero-order valence-corrected chi connectivity index (χ0v) is 20.3. The molecule has 0 unspecified atom stereocenters. The minimum Gasteiger partial charge on any atom is -0.360 e. The molecule has 3 N–H and O–H groups in total. The Labute approximate surface area is 210 Å². The number of benzene rings is 3. The molecule has 1 saturated carbocycles. The molecule has 180 valence electrons. The van der Waals surface area contributed by atoms with E-state index in [-0.39, 0.29) is 30.1 Å². The van der Waals surface area contributed by atoms with Crippen LogP contribution in [-0.4, -0.2) is 21.8 Å². The zero-order chi connectivity index (χ0) is 24.8. The molecular formula is C28H23FN4O2S. The van der Waals surface area contributed by atoms with Crippen molar-refractivity contribution < 1.29 is 14.0 Å². The number of aryl methyl sites for hydroxylation is 1. The van der Waals surface area contributed by atoms with Crippen molar-refractivity contribution >= 4 is 49.4 Å². The molecular weight excluding hydrogens is 475 g/mol. The number of aromatic amines is 1. The van der Waals surface area contributed by atoms with Crippen LogP contribution in [0.5, 0.6) is 0 Å². The average Bonchev–Trinajstić information content (AvgIpc) is 3.53. The third-order valence-electron chi connectivity index (χ3n) is 6.52. The van der Waals surface area contributed by atoms with Gasteiger partial charge in [0.1, 0.15) is 5.82 Å². The lowest BCUT2D eigenvalue weighted by Gasteiger charge is -2.07. The van der Waals surface area contributed by atoms with Crippen LogP contribution in [0.3, 0.4) is 0 Å². The third kappa shape index (κ3) is 4.35. The van der Waals surface area contributed by atoms with Crippen molar-refractivity contribution in [3.8, 4) is 11.1 Å². The monoisotopic (exact) mass is 498 g/mol. The first kappa shape index (κ1) is 22.4. The summed E-state index contributed by atoms with van der Waals surface area (Å²) >= 11 is 1.46. The number of amides is 2. The van der Waals surface area contributed by atoms with E-state index in [9.17, 15) is 14.0 Å². The minimum atomic E-state index is -0.284. The third-order valence-corrected chi connectivity index (χ3v) is 7.45. The molecule has 8 heteroatoms. The molecule has 0 aliphatic heterocycles. The Hall–Kier alpha value is -4.04. The van der Waals surface area contributed by atoms with Gasteiger partial charge in [0.25, 0.3) is 5.91 Å². The van der Waals surface area contributed by atoms with Gasteiger partial charge < -0.3 is 15.6 Å². The first-order chi connectivity index (χ1) is 17.4. The minimum absolute atomic E-state index is 0.0468. The lowest BCUT2D eigenvalue weighted by atomic mass is 10.0. The number of nitrogens with one attached hydrogen (secondary N) is 3. The number of carbonyl (C=O) groups is 2. The van der Waals surface area contributed by atoms with Crippen molar-refractivity contribution in [2.45, 2.75) is 26.3 Å². The normalized spacial score (nSPS) is 13.3. The molecule has 0 radical (unpaired) electrons. The molecule has 6 nitrogen and oxygen atoms in total. The van der Waals surface area contributed by atoms with E-state index in [1.165, 1.54) is 17.4 Å². The van der Waals surface area contributed by atoms with E-state index in [2.05, 4.69) is 26.7 Å². The van der Waals surface area contributed by atoms with E-state index in [1.807, 2.05) is 36.4 Å². The summed E-state index contributed by atoms with van der Waals surface area (Å²) in [5.74, 6) is -0.335. The van der Waals surface area contributed by atoms with Crippen LogP contribution in [0.15, 0.2) is 60.8 Å². The summed E-state index contributed by atoms with van der Waals surface area (Å²) in [4.78, 5) is 32.7. The Morgan fingerprint density at radius 3 is 2.69 bits per heavy atom. The number of aromatic nitrogens is 2. The van der Waals surface area contributed by atoms with Gasteiger partial charge in [0.2, 0.25) is 5.91 Å². The largest absolute Gasteiger partial charge is 0.360 e. The maximum atomic E-state index is 13.8. The summed E-state index contributed by atoms with van der Waals surface area (Å²) in [5.41, 5.74) is 5.47. The number of hydrogen-bond donors (Lipinski definition) is 3. The van der Waals surface area contributed by atoms with Gasteiger partial charge in [-0.2, -0.15) is 0 Å². The van der Waals surface area contributed by atoms with Gasteiger partial charge in [-0.1, -0.05) is 35.6 Å². The molecule has 5 aromatic rings. The molecule has 3 aromatic carbocycles. The van der Waals surface area contributed by atoms with Crippen molar-refractivity contribution in [1.82, 2.24) is 15.3 Å². The van der Waals surface area contributed by atoms with Crippen LogP contribution in [-0.2, 0) is 11.3 Å². The molecule has 6 rings (SSSR count). The fourth-order valence-corrected chi connectivity index (χ4v) is 5.13. The van der Waals surface area contributed by atoms with Crippen molar-refractivity contribution in [3.05, 3.63) is 83.3 Å². The number of thiazole rings is 1. The maximum absolute atomic E-state index is 13.8. The molecule has 2 aromatic heterocycles. The number of carbonyl (C=O) groups excluding carboxylic acids is 2. The number of hydrogen-bond acceptors (Lipinski definition) is 4. The number of anilines is 1. The molecule has 0 bridgehead atoms. The predicted octanol–water partition coefficient (Wildman–Crippen LogP) is 6.17. The van der Waals surface area contributed by atoms with Crippen LogP contribution in [0.1, 0.15) is 34.3 Å². The van der Waals surface area contributed by atoms with Gasteiger partial charge in [0.15, 0.2) is 5.13 Å². The van der Waals surface area contributed by atoms with E-state index in [0.29, 0.717) is 21.8 Å². The fraction of sp³-hybridized carbons (Fsp3) is 0.179. The van der Waals surface area contributed by atoms with E-state index >= 15 is 0 Å². The Bertz CT molecular complexity index is 1650. The topological polar surface area (TPSA) is 86.9 Å². The Kier molecular flexibility index (Phi) is 5.53. The second-order valence-electron chi connectivity index (χ2n) is 9.19. The average molecular weight is 499 g/mol. The van der Waals surface area contributed by atoms with E-state index in [1.54, 1.807) is 19.2 Å². The highest BCUT2D eigenvalue weighted by Gasteiger charge is 2.30. The maximum Gasteiger partial charge on any atom is 0.253 e. The van der Waals surface area contributed by atoms with Crippen LogP contribution in [0.2, 0.25) is 0 Å². The quantitative estimate of drug-likeness (QED) is 0.262. The summed E-state index contributed by atoms with van der Waals surface area (Å²) in [6.45, 7) is 1.95. The number of fused-ring (bicyclic) bond motifs is 2. The van der Waals surface area contributed by atoms with Gasteiger partial charge in [0.05, 0.1) is 15.8 Å². The number of halogens is 1. The first-order valence-electron chi connectivity index (χ1n) is 11.8. The summed E-state index contributed by atoms with van der Waals surface area (Å²) in [6.07, 6.45) is 3.60. The highest BCUT2D eigenvalue weighted by atomic mass is 32.1. The molecule has 2 amide bonds. The van der Waals surface area contributed by atoms with E-state index in [0.717, 1.165) is 45.1 Å². The first-order valence-corrected chi connectivity index (χ1v) is 12.6. The smallest absolute Gasteiger partial charge is 0.253 e. The van der Waals surface area contributed by atoms with Crippen molar-refractivity contribution in [1.29, 1.82) is 0 Å². The molecule has 1 aliphatic carbocycles. The summed E-state index contributed by atoms with van der Waals surface area (Å²) in [6, 6.07) is 16.9. The Balaban J connectivity index is 1.24. The van der Waals surface area contributed by atoms with Crippen LogP contribution >= 0.6 is 11.3 Å². The number of H-pyrrole nitrogens is 1. The van der Waals surface area contributed by atoms with Crippen molar-refractivity contribution in [2.75, 3.05) is 5.32 Å². The highest BCUT2D eigenvalue weighted by molar-refractivity contribution is 7.22. The van der Waals surface area contributed by atoms with Crippen LogP contribution in [0.4, 0.5) is 9.52 Å². The van der Waals surface area contributed by atoms with Gasteiger partial charge in [-0.05, 0) is 72.4 Å². The molecule has 1 fully saturated rings. The summed E-state index contributed by atoms with van der Waals surface area (Å²) < 4.78 is 14.8. The second kappa shape index (κ2) is 8.87. The molecule has 0 spiro atoms. The van der Waals surface area contributed by atoms with Gasteiger partial charge in [0, 0.05) is 29.6 Å². The molecule has 0 atom stereocenters. The SMILES string of the molecule is Cc1ccc(CNC(=O)c2c[nH]c3ccc(-c4ccc5nc(NC(=O)C6CC6)sc5c4)cc23)cc1F. The number of nitrogens with zero attached hydrogens (tertiary/aromatic N) is 1. The lowest BCUT2D eigenvalue weighted by molar-refractivity contribution is -0.117. The summed E-state index contributed by atoms with van der Waals surface area (Å²) in [5, 5.41) is 7.23. The van der Waals surface area contributed by atoms with Gasteiger partial charge in [-0.25, -0.2) is 9.37 Å². The van der Waals surface area contributed by atoms with Crippen LogP contribution in [0.25, 0.3) is 32.2 Å². The highest BCUT2D eigenvalue weighted by Crippen LogP contribution is 2.34. The summed E-state index contributed by atoms with van der Waals surface area (Å²) in [7, 11) is 0. The Morgan fingerprint density at radius 2 is 1.89 bits per heavy atom. The van der Waals surface area contributed by atoms with E-state index in [4.69, 9.17) is 0 Å². The molecule has 0 saturated heterocycles. The van der Waals surface area contributed by atoms with Gasteiger partial charge >= 0.3 is 0 Å². The second-order valence-corrected chi connectivity index (χ2v) is 10.2. The lowest BCUT2D eigenvalue weighted by Crippen LogP contribution is -2.22. The van der Waals surface area contributed by atoms with Crippen molar-refractivity contribution in [2.24, 2.45) is 5.92 Å². The molecule has 36 heavy (non-hydrogen) atoms. The fourth-order valence-electron chi connectivity index (χ4n) is 4.22. The Morgan fingerprint density at radius 1 is 1.08 bits per heavy atom. The zero-order valence-electron chi connectivity index (χ0n) is 19.5. The standard InChI is InChI=1S/C28H23FN4O2S/c1-15-2-3-16(10-22(15)29)13-31-27(35)21-14-30-23-8-6-18(11-20(21)23)19-7-9-24-25(12-19)36-28(32-24)33-26(34)17-4-5-17/h2-3,6-12,14,17,30H,4-5,13H2,1H3,(H,31,35)(H,32,33,34). The predicted molar refractivity (Wildman–Crippen MR) is 141 cm³/mol. The van der Waals surface area contributed by atoms with Crippen molar-refractivity contribution in [3.63, 3.8) is 0 Å². The van der Waals surface area contributed by atoms with Gasteiger partial charge in [-0.15, -0.1) is 0 Å². The van der Waals surface area contributed by atoms with Crippen LogP contribution < -0.4 is 10.6 Å². The van der Waals surface area contributed by atoms with Crippen LogP contribution in [0, 0.1) is 18.7 Å². The number of rotatable bonds is 6. The molecule has 1 aliphatic rings. The van der Waals surface area contributed by atoms with E-state index < -0.39 is 0 Å². The van der Waals surface area contributed by atoms with Gasteiger partial charge in [-0.3, -0.25) is 9.59 Å². The molecule has 2 heterocycles.